The molecule has 0 saturated carbocycles. The van der Waals surface area contributed by atoms with E-state index in [4.69, 9.17) is 18.9 Å². The fraction of sp³-hybridized carbons (Fsp3) is 0.273. The zero-order valence-electron chi connectivity index (χ0n) is 17.6. The summed E-state index contributed by atoms with van der Waals surface area (Å²) in [6.07, 6.45) is 1.78. The van der Waals surface area contributed by atoms with Crippen molar-refractivity contribution in [3.63, 3.8) is 0 Å². The second-order valence-electron chi connectivity index (χ2n) is 6.92. The van der Waals surface area contributed by atoms with E-state index in [9.17, 15) is 28.8 Å². The molecule has 0 saturated heterocycles. The van der Waals surface area contributed by atoms with Crippen LogP contribution in [0.3, 0.4) is 0 Å². The first-order chi connectivity index (χ1) is 15.6. The zero-order valence-corrected chi connectivity index (χ0v) is 17.6. The quantitative estimate of drug-likeness (QED) is 0.203. The monoisotopic (exact) mass is 460 g/mol. The topological polar surface area (TPSA) is 149 Å². The first-order valence-electron chi connectivity index (χ1n) is 9.40. The van der Waals surface area contributed by atoms with Crippen LogP contribution in [0.4, 0.5) is 0 Å². The van der Waals surface area contributed by atoms with E-state index in [1.807, 2.05) is 0 Å². The number of hydrogen-bond acceptors (Lipinski definition) is 11. The largest absolute Gasteiger partial charge is 0.465 e. The van der Waals surface area contributed by atoms with Crippen LogP contribution in [0.2, 0.25) is 0 Å². The van der Waals surface area contributed by atoms with Gasteiger partial charge in [-0.05, 0) is 18.2 Å². The lowest BCUT2D eigenvalue weighted by molar-refractivity contribution is -0.160. The first kappa shape index (κ1) is 25.0. The molecule has 1 heterocycles. The molecule has 0 N–H and O–H groups in total. The highest BCUT2D eigenvalue weighted by molar-refractivity contribution is 6.15. The Hall–Kier alpha value is -4.28. The average Bonchev–Trinajstić information content (AvgIpc) is 3.09. The molecule has 1 aromatic rings. The van der Waals surface area contributed by atoms with Crippen LogP contribution in [0.25, 0.3) is 0 Å². The highest BCUT2D eigenvalue weighted by atomic mass is 16.6. The summed E-state index contributed by atoms with van der Waals surface area (Å²) >= 11 is 0. The van der Waals surface area contributed by atoms with Crippen molar-refractivity contribution in [3.8, 4) is 0 Å². The Bertz CT molecular complexity index is 997. The summed E-state index contributed by atoms with van der Waals surface area (Å²) in [5.74, 6) is -4.96. The summed E-state index contributed by atoms with van der Waals surface area (Å²) in [6, 6.07) is 3.63. The molecule has 174 valence electrons. The normalized spacial score (nSPS) is 12.2. The van der Waals surface area contributed by atoms with Crippen LogP contribution >= 0.6 is 0 Å². The van der Waals surface area contributed by atoms with Crippen molar-refractivity contribution in [2.24, 2.45) is 5.41 Å². The Balaban J connectivity index is 2.24. The van der Waals surface area contributed by atoms with E-state index in [2.05, 4.69) is 17.9 Å². The lowest BCUT2D eigenvalue weighted by Gasteiger charge is -2.31. The average molecular weight is 460 g/mol. The Morgan fingerprint density at radius 3 is 1.91 bits per heavy atom. The molecule has 0 spiro atoms. The maximum atomic E-state index is 12.6. The number of ether oxygens (including phenoxy) is 5. The Morgan fingerprint density at radius 1 is 0.848 bits per heavy atom. The standard InChI is InChI=1S/C22H20O11/c1-4-17(24)30-10-22(9-29-13(3)23,11-31-18(25)5-2)12-32-19(26)14-6-7-15-16(8-14)21(28)33-20(15)27/h4-8H,1-2,9-12H2,3H3. The third kappa shape index (κ3) is 6.60. The van der Waals surface area contributed by atoms with E-state index >= 15 is 0 Å². The van der Waals surface area contributed by atoms with E-state index in [-0.39, 0.29) is 16.7 Å². The van der Waals surface area contributed by atoms with Gasteiger partial charge >= 0.3 is 35.8 Å². The molecule has 0 radical (unpaired) electrons. The minimum absolute atomic E-state index is 0.00781. The van der Waals surface area contributed by atoms with Crippen LogP contribution in [0.1, 0.15) is 38.0 Å². The smallest absolute Gasteiger partial charge is 0.346 e. The third-order valence-electron chi connectivity index (χ3n) is 4.35. The van der Waals surface area contributed by atoms with Crippen molar-refractivity contribution in [2.45, 2.75) is 6.92 Å². The molecule has 0 bridgehead atoms. The van der Waals surface area contributed by atoms with E-state index in [1.54, 1.807) is 0 Å². The van der Waals surface area contributed by atoms with Gasteiger partial charge in [0, 0.05) is 19.1 Å². The summed E-state index contributed by atoms with van der Waals surface area (Å²) in [6.45, 7) is 5.79. The van der Waals surface area contributed by atoms with Gasteiger partial charge in [0.1, 0.15) is 31.8 Å². The molecule has 2 rings (SSSR count). The van der Waals surface area contributed by atoms with Gasteiger partial charge in [0.25, 0.3) is 0 Å². The lowest BCUT2D eigenvalue weighted by Crippen LogP contribution is -2.43. The van der Waals surface area contributed by atoms with Crippen molar-refractivity contribution in [2.75, 3.05) is 26.4 Å². The molecule has 0 aliphatic carbocycles. The molecule has 0 amide bonds. The first-order valence-corrected chi connectivity index (χ1v) is 9.40. The second kappa shape index (κ2) is 10.8. The van der Waals surface area contributed by atoms with Gasteiger partial charge in [-0.3, -0.25) is 4.79 Å². The van der Waals surface area contributed by atoms with Gasteiger partial charge in [-0.2, -0.15) is 0 Å². The van der Waals surface area contributed by atoms with Crippen molar-refractivity contribution in [1.82, 2.24) is 0 Å². The summed E-state index contributed by atoms with van der Waals surface area (Å²) in [7, 11) is 0. The molecule has 1 aromatic carbocycles. The highest BCUT2D eigenvalue weighted by Crippen LogP contribution is 2.24. The molecule has 0 aromatic heterocycles. The summed E-state index contributed by atoms with van der Waals surface area (Å²) in [5, 5.41) is 0. The molecule has 0 fully saturated rings. The molecule has 11 nitrogen and oxygen atoms in total. The molecule has 11 heteroatoms. The van der Waals surface area contributed by atoms with Crippen molar-refractivity contribution in [3.05, 3.63) is 60.2 Å². The third-order valence-corrected chi connectivity index (χ3v) is 4.35. The Labute approximate surface area is 187 Å². The van der Waals surface area contributed by atoms with Crippen LogP contribution in [0.5, 0.6) is 0 Å². The minimum Gasteiger partial charge on any atom is -0.465 e. The van der Waals surface area contributed by atoms with Gasteiger partial charge in [0.05, 0.1) is 16.7 Å². The van der Waals surface area contributed by atoms with E-state index < -0.39 is 67.7 Å². The fourth-order valence-corrected chi connectivity index (χ4v) is 2.59. The molecular formula is C22H20O11. The number of fused-ring (bicyclic) bond motifs is 1. The van der Waals surface area contributed by atoms with Gasteiger partial charge in [0.15, 0.2) is 0 Å². The van der Waals surface area contributed by atoms with E-state index in [0.29, 0.717) is 0 Å². The van der Waals surface area contributed by atoms with Crippen LogP contribution in [0.15, 0.2) is 43.5 Å². The predicted molar refractivity (Wildman–Crippen MR) is 108 cm³/mol. The highest BCUT2D eigenvalue weighted by Gasteiger charge is 2.38. The molecule has 0 unspecified atom stereocenters. The minimum atomic E-state index is -1.47. The van der Waals surface area contributed by atoms with Crippen molar-refractivity contribution in [1.29, 1.82) is 0 Å². The maximum absolute atomic E-state index is 12.6. The van der Waals surface area contributed by atoms with Gasteiger partial charge in [-0.25, -0.2) is 24.0 Å². The summed E-state index contributed by atoms with van der Waals surface area (Å²) < 4.78 is 24.8. The maximum Gasteiger partial charge on any atom is 0.346 e. The molecule has 1 aliphatic rings. The van der Waals surface area contributed by atoms with Gasteiger partial charge in [0.2, 0.25) is 0 Å². The van der Waals surface area contributed by atoms with Gasteiger partial charge in [-0.1, -0.05) is 13.2 Å². The Kier molecular flexibility index (Phi) is 8.21. The fourth-order valence-electron chi connectivity index (χ4n) is 2.59. The molecule has 33 heavy (non-hydrogen) atoms. The number of carbonyl (C=O) groups is 6. The summed E-state index contributed by atoms with van der Waals surface area (Å²) in [4.78, 5) is 70.3. The number of hydrogen-bond donors (Lipinski definition) is 0. The molecular weight excluding hydrogens is 440 g/mol. The van der Waals surface area contributed by atoms with Crippen LogP contribution < -0.4 is 0 Å². The Morgan fingerprint density at radius 2 is 1.36 bits per heavy atom. The van der Waals surface area contributed by atoms with Gasteiger partial charge < -0.3 is 23.7 Å². The van der Waals surface area contributed by atoms with Crippen molar-refractivity contribution < 1.29 is 52.5 Å². The van der Waals surface area contributed by atoms with E-state index in [0.717, 1.165) is 25.1 Å². The predicted octanol–water partition coefficient (Wildman–Crippen LogP) is 1.16. The van der Waals surface area contributed by atoms with Crippen LogP contribution in [-0.4, -0.2) is 62.2 Å². The number of benzene rings is 1. The number of esters is 6. The molecule has 1 aliphatic heterocycles. The number of cyclic esters (lactones) is 2. The number of carbonyl (C=O) groups excluding carboxylic acids is 6. The zero-order chi connectivity index (χ0) is 24.6. The van der Waals surface area contributed by atoms with Crippen LogP contribution in [0, 0.1) is 5.41 Å². The lowest BCUT2D eigenvalue weighted by atomic mass is 9.92. The second-order valence-corrected chi connectivity index (χ2v) is 6.92. The molecule has 0 atom stereocenters. The van der Waals surface area contributed by atoms with Crippen molar-refractivity contribution >= 4 is 35.8 Å². The van der Waals surface area contributed by atoms with Gasteiger partial charge in [-0.15, -0.1) is 0 Å². The van der Waals surface area contributed by atoms with Crippen LogP contribution in [-0.2, 0) is 38.1 Å². The number of rotatable bonds is 11. The van der Waals surface area contributed by atoms with E-state index in [1.165, 1.54) is 12.1 Å². The SMILES string of the molecule is C=CC(=O)OCC(COC(C)=O)(COC(=O)C=C)COC(=O)c1ccc2c(c1)C(=O)OC2=O. The summed E-state index contributed by atoms with van der Waals surface area (Å²) in [5.41, 5.74) is -1.63.